The Bertz CT molecular complexity index is 308. The summed E-state index contributed by atoms with van der Waals surface area (Å²) < 4.78 is 5.44. The lowest BCUT2D eigenvalue weighted by atomic mass is 10.2. The Kier molecular flexibility index (Phi) is 5.61. The molecule has 1 rings (SSSR count). The van der Waals surface area contributed by atoms with Crippen molar-refractivity contribution in [1.29, 1.82) is 0 Å². The van der Waals surface area contributed by atoms with Gasteiger partial charge in [0.1, 0.15) is 18.5 Å². The number of aliphatic hydroxyl groups is 1. The summed E-state index contributed by atoms with van der Waals surface area (Å²) in [6, 6.07) is 7.77. The van der Waals surface area contributed by atoms with E-state index in [1.54, 1.807) is 6.08 Å². The number of aryl methyl sites for hydroxylation is 1. The van der Waals surface area contributed by atoms with E-state index in [-0.39, 0.29) is 0 Å². The van der Waals surface area contributed by atoms with Gasteiger partial charge in [-0.2, -0.15) is 0 Å². The molecule has 1 aromatic carbocycles. The van der Waals surface area contributed by atoms with Crippen molar-refractivity contribution in [2.45, 2.75) is 13.0 Å². The summed E-state index contributed by atoms with van der Waals surface area (Å²) in [6.07, 6.45) is 1.26. The zero-order valence-corrected chi connectivity index (χ0v) is 9.65. The van der Waals surface area contributed by atoms with Crippen molar-refractivity contribution >= 4 is 0 Å². The van der Waals surface area contributed by atoms with Crippen molar-refractivity contribution < 1.29 is 9.84 Å². The number of benzene rings is 1. The molecule has 3 nitrogen and oxygen atoms in total. The van der Waals surface area contributed by atoms with Gasteiger partial charge in [0.2, 0.25) is 0 Å². The highest BCUT2D eigenvalue weighted by Gasteiger charge is 2.03. The average molecular weight is 221 g/mol. The fourth-order valence-corrected chi connectivity index (χ4v) is 1.24. The molecule has 0 aliphatic heterocycles. The van der Waals surface area contributed by atoms with Gasteiger partial charge < -0.3 is 15.2 Å². The van der Waals surface area contributed by atoms with Crippen molar-refractivity contribution in [2.75, 3.05) is 19.7 Å². The van der Waals surface area contributed by atoms with Gasteiger partial charge in [0.25, 0.3) is 0 Å². The molecule has 0 aromatic heterocycles. The fraction of sp³-hybridized carbons (Fsp3) is 0.385. The van der Waals surface area contributed by atoms with Gasteiger partial charge >= 0.3 is 0 Å². The standard InChI is InChI=1S/C13H19NO2/c1-3-8-14-9-12(15)10-16-13-6-4-11(2)5-7-13/h3-7,12,14-15H,1,8-10H2,2H3. The Morgan fingerprint density at radius 2 is 2.12 bits per heavy atom. The van der Waals surface area contributed by atoms with E-state index in [1.165, 1.54) is 5.56 Å². The first-order valence-electron chi connectivity index (χ1n) is 5.41. The van der Waals surface area contributed by atoms with E-state index in [4.69, 9.17) is 4.74 Å². The molecule has 3 heteroatoms. The summed E-state index contributed by atoms with van der Waals surface area (Å²) in [5.41, 5.74) is 1.19. The Morgan fingerprint density at radius 1 is 1.44 bits per heavy atom. The molecule has 0 saturated heterocycles. The highest BCUT2D eigenvalue weighted by Crippen LogP contribution is 2.11. The van der Waals surface area contributed by atoms with E-state index in [2.05, 4.69) is 11.9 Å². The number of nitrogens with one attached hydrogen (secondary N) is 1. The molecule has 0 amide bonds. The molecular formula is C13H19NO2. The highest BCUT2D eigenvalue weighted by atomic mass is 16.5. The molecule has 1 unspecified atom stereocenters. The first kappa shape index (κ1) is 12.7. The van der Waals surface area contributed by atoms with Crippen LogP contribution in [0.5, 0.6) is 5.75 Å². The molecule has 88 valence electrons. The third-order valence-corrected chi connectivity index (χ3v) is 2.13. The minimum Gasteiger partial charge on any atom is -0.491 e. The largest absolute Gasteiger partial charge is 0.491 e. The molecule has 0 bridgehead atoms. The van der Waals surface area contributed by atoms with E-state index >= 15 is 0 Å². The maximum absolute atomic E-state index is 9.57. The van der Waals surface area contributed by atoms with Crippen molar-refractivity contribution in [3.05, 3.63) is 42.5 Å². The molecule has 0 spiro atoms. The average Bonchev–Trinajstić information content (AvgIpc) is 2.29. The van der Waals surface area contributed by atoms with Crippen LogP contribution in [0.4, 0.5) is 0 Å². The monoisotopic (exact) mass is 221 g/mol. The van der Waals surface area contributed by atoms with Gasteiger partial charge in [-0.15, -0.1) is 6.58 Å². The lowest BCUT2D eigenvalue weighted by Crippen LogP contribution is -2.31. The van der Waals surface area contributed by atoms with E-state index in [1.807, 2.05) is 31.2 Å². The van der Waals surface area contributed by atoms with E-state index in [0.29, 0.717) is 19.7 Å². The van der Waals surface area contributed by atoms with Crippen molar-refractivity contribution in [3.63, 3.8) is 0 Å². The molecule has 0 heterocycles. The minimum absolute atomic E-state index is 0.299. The second-order valence-corrected chi connectivity index (χ2v) is 3.72. The molecule has 0 radical (unpaired) electrons. The lowest BCUT2D eigenvalue weighted by molar-refractivity contribution is 0.107. The van der Waals surface area contributed by atoms with Gasteiger partial charge in [0, 0.05) is 13.1 Å². The van der Waals surface area contributed by atoms with Crippen LogP contribution < -0.4 is 10.1 Å². The number of ether oxygens (including phenoxy) is 1. The summed E-state index contributed by atoms with van der Waals surface area (Å²) >= 11 is 0. The van der Waals surface area contributed by atoms with Crippen LogP contribution in [-0.4, -0.2) is 30.9 Å². The van der Waals surface area contributed by atoms with Crippen molar-refractivity contribution in [2.24, 2.45) is 0 Å². The molecule has 16 heavy (non-hydrogen) atoms. The van der Waals surface area contributed by atoms with Crippen LogP contribution in [0.2, 0.25) is 0 Å². The summed E-state index contributed by atoms with van der Waals surface area (Å²) in [5, 5.41) is 12.6. The van der Waals surface area contributed by atoms with Crippen molar-refractivity contribution in [1.82, 2.24) is 5.32 Å². The van der Waals surface area contributed by atoms with Gasteiger partial charge in [-0.25, -0.2) is 0 Å². The van der Waals surface area contributed by atoms with Gasteiger partial charge in [-0.1, -0.05) is 23.8 Å². The highest BCUT2D eigenvalue weighted by molar-refractivity contribution is 5.26. The molecular weight excluding hydrogens is 202 g/mol. The van der Waals surface area contributed by atoms with Crippen LogP contribution in [0.1, 0.15) is 5.56 Å². The third-order valence-electron chi connectivity index (χ3n) is 2.13. The zero-order valence-electron chi connectivity index (χ0n) is 9.65. The van der Waals surface area contributed by atoms with E-state index < -0.39 is 6.10 Å². The lowest BCUT2D eigenvalue weighted by Gasteiger charge is -2.12. The van der Waals surface area contributed by atoms with Crippen LogP contribution in [0, 0.1) is 6.92 Å². The fourth-order valence-electron chi connectivity index (χ4n) is 1.24. The molecule has 1 atom stereocenters. The second kappa shape index (κ2) is 7.04. The van der Waals surface area contributed by atoms with Gasteiger partial charge in [0.05, 0.1) is 0 Å². The number of rotatable bonds is 7. The van der Waals surface area contributed by atoms with E-state index in [0.717, 1.165) is 5.75 Å². The Morgan fingerprint density at radius 3 is 2.75 bits per heavy atom. The SMILES string of the molecule is C=CCNCC(O)COc1ccc(C)cc1. The predicted octanol–water partition coefficient (Wildman–Crippen LogP) is 1.51. The third kappa shape index (κ3) is 4.96. The molecule has 0 fully saturated rings. The first-order valence-corrected chi connectivity index (χ1v) is 5.41. The summed E-state index contributed by atoms with van der Waals surface area (Å²) in [6.45, 7) is 7.12. The second-order valence-electron chi connectivity index (χ2n) is 3.72. The Balaban J connectivity index is 2.23. The summed E-state index contributed by atoms with van der Waals surface area (Å²) in [7, 11) is 0. The quantitative estimate of drug-likeness (QED) is 0.541. The van der Waals surface area contributed by atoms with Gasteiger partial charge in [-0.3, -0.25) is 0 Å². The van der Waals surface area contributed by atoms with Crippen LogP contribution >= 0.6 is 0 Å². The number of hydrogen-bond donors (Lipinski definition) is 2. The zero-order chi connectivity index (χ0) is 11.8. The Hall–Kier alpha value is -1.32. The summed E-state index contributed by atoms with van der Waals surface area (Å²) in [5.74, 6) is 0.786. The minimum atomic E-state index is -0.499. The van der Waals surface area contributed by atoms with Crippen LogP contribution in [0.15, 0.2) is 36.9 Å². The number of hydrogen-bond acceptors (Lipinski definition) is 3. The molecule has 2 N–H and O–H groups in total. The van der Waals surface area contributed by atoms with Crippen LogP contribution in [0.25, 0.3) is 0 Å². The topological polar surface area (TPSA) is 41.5 Å². The van der Waals surface area contributed by atoms with E-state index in [9.17, 15) is 5.11 Å². The smallest absolute Gasteiger partial charge is 0.119 e. The Labute approximate surface area is 96.8 Å². The van der Waals surface area contributed by atoms with Crippen LogP contribution in [-0.2, 0) is 0 Å². The summed E-state index contributed by atoms with van der Waals surface area (Å²) in [4.78, 5) is 0. The molecule has 0 saturated carbocycles. The maximum atomic E-state index is 9.57. The predicted molar refractivity (Wildman–Crippen MR) is 65.7 cm³/mol. The van der Waals surface area contributed by atoms with Crippen LogP contribution in [0.3, 0.4) is 0 Å². The van der Waals surface area contributed by atoms with Gasteiger partial charge in [-0.05, 0) is 19.1 Å². The first-order chi connectivity index (χ1) is 7.72. The molecule has 1 aromatic rings. The maximum Gasteiger partial charge on any atom is 0.119 e. The molecule has 0 aliphatic carbocycles. The molecule has 0 aliphatic rings. The normalized spacial score (nSPS) is 12.1. The van der Waals surface area contributed by atoms with Gasteiger partial charge in [0.15, 0.2) is 0 Å². The van der Waals surface area contributed by atoms with Crippen molar-refractivity contribution in [3.8, 4) is 5.75 Å². The number of aliphatic hydroxyl groups excluding tert-OH is 1.